The van der Waals surface area contributed by atoms with Gasteiger partial charge >= 0.3 is 0 Å². The van der Waals surface area contributed by atoms with Gasteiger partial charge in [-0.15, -0.1) is 0 Å². The average Bonchev–Trinajstić information content (AvgIpc) is 2.47. The first kappa shape index (κ1) is 12.9. The molecular formula is C15H13FN2O. The Kier molecular flexibility index (Phi) is 3.99. The van der Waals surface area contributed by atoms with E-state index in [9.17, 15) is 4.39 Å². The minimum absolute atomic E-state index is 0.0975. The highest BCUT2D eigenvalue weighted by Crippen LogP contribution is 2.18. The molecule has 0 aliphatic carbocycles. The van der Waals surface area contributed by atoms with Crippen LogP contribution >= 0.6 is 0 Å². The number of rotatable bonds is 4. The molecule has 0 atom stereocenters. The van der Waals surface area contributed by atoms with Gasteiger partial charge in [0.15, 0.2) is 0 Å². The van der Waals surface area contributed by atoms with Crippen molar-refractivity contribution in [1.82, 2.24) is 0 Å². The monoisotopic (exact) mass is 256 g/mol. The molecule has 0 saturated carbocycles. The van der Waals surface area contributed by atoms with Crippen molar-refractivity contribution in [3.63, 3.8) is 0 Å². The molecule has 4 heteroatoms. The van der Waals surface area contributed by atoms with Crippen molar-refractivity contribution in [3.05, 3.63) is 59.4 Å². The van der Waals surface area contributed by atoms with Crippen LogP contribution in [-0.2, 0) is 6.61 Å². The lowest BCUT2D eigenvalue weighted by atomic mass is 10.1. The molecule has 0 radical (unpaired) electrons. The molecule has 3 nitrogen and oxygen atoms in total. The number of benzene rings is 2. The van der Waals surface area contributed by atoms with Gasteiger partial charge in [-0.2, -0.15) is 5.26 Å². The maximum Gasteiger partial charge on any atom is 0.129 e. The maximum atomic E-state index is 13.5. The highest BCUT2D eigenvalue weighted by atomic mass is 19.1. The topological polar surface area (TPSA) is 45.0 Å². The Morgan fingerprint density at radius 2 is 1.95 bits per heavy atom. The number of ether oxygens (including phenoxy) is 1. The molecule has 0 fully saturated rings. The van der Waals surface area contributed by atoms with Crippen molar-refractivity contribution in [2.75, 3.05) is 12.4 Å². The zero-order chi connectivity index (χ0) is 13.7. The molecule has 0 aliphatic rings. The second kappa shape index (κ2) is 5.87. The van der Waals surface area contributed by atoms with Gasteiger partial charge in [-0.1, -0.05) is 0 Å². The molecule has 0 aliphatic heterocycles. The number of nitriles is 1. The summed E-state index contributed by atoms with van der Waals surface area (Å²) in [6, 6.07) is 13.6. The minimum Gasteiger partial charge on any atom is -0.489 e. The van der Waals surface area contributed by atoms with Gasteiger partial charge in [-0.25, -0.2) is 4.39 Å². The fraction of sp³-hybridized carbons (Fsp3) is 0.133. The summed E-state index contributed by atoms with van der Waals surface area (Å²) in [6.07, 6.45) is 0. The van der Waals surface area contributed by atoms with Crippen LogP contribution < -0.4 is 10.1 Å². The Balaban J connectivity index is 2.07. The van der Waals surface area contributed by atoms with Crippen molar-refractivity contribution in [2.45, 2.75) is 6.61 Å². The Morgan fingerprint density at radius 3 is 2.58 bits per heavy atom. The van der Waals surface area contributed by atoms with Gasteiger partial charge in [0, 0.05) is 18.3 Å². The summed E-state index contributed by atoms with van der Waals surface area (Å²) < 4.78 is 19.0. The zero-order valence-electron chi connectivity index (χ0n) is 10.5. The Labute approximate surface area is 111 Å². The van der Waals surface area contributed by atoms with Crippen LogP contribution in [-0.4, -0.2) is 7.05 Å². The van der Waals surface area contributed by atoms with E-state index in [2.05, 4.69) is 5.32 Å². The Hall–Kier alpha value is -2.54. The van der Waals surface area contributed by atoms with Gasteiger partial charge in [-0.3, -0.25) is 0 Å². The van der Waals surface area contributed by atoms with Crippen molar-refractivity contribution < 1.29 is 9.13 Å². The van der Waals surface area contributed by atoms with Gasteiger partial charge in [-0.05, 0) is 42.5 Å². The van der Waals surface area contributed by atoms with E-state index in [1.54, 1.807) is 12.1 Å². The molecule has 0 heterocycles. The van der Waals surface area contributed by atoms with E-state index in [4.69, 9.17) is 10.00 Å². The van der Waals surface area contributed by atoms with E-state index in [0.717, 1.165) is 5.69 Å². The van der Waals surface area contributed by atoms with Crippen LogP contribution in [0.25, 0.3) is 0 Å². The second-order valence-corrected chi connectivity index (χ2v) is 3.98. The van der Waals surface area contributed by atoms with E-state index >= 15 is 0 Å². The van der Waals surface area contributed by atoms with Crippen LogP contribution in [0.2, 0.25) is 0 Å². The van der Waals surface area contributed by atoms with Crippen LogP contribution in [0.1, 0.15) is 11.1 Å². The van der Waals surface area contributed by atoms with E-state index < -0.39 is 0 Å². The fourth-order valence-electron chi connectivity index (χ4n) is 1.63. The molecule has 2 aromatic rings. The molecule has 19 heavy (non-hydrogen) atoms. The smallest absolute Gasteiger partial charge is 0.129 e. The molecule has 0 unspecified atom stereocenters. The van der Waals surface area contributed by atoms with Gasteiger partial charge in [0.05, 0.1) is 11.6 Å². The number of hydrogen-bond acceptors (Lipinski definition) is 3. The van der Waals surface area contributed by atoms with Crippen molar-refractivity contribution in [3.8, 4) is 11.8 Å². The quantitative estimate of drug-likeness (QED) is 0.912. The Bertz CT molecular complexity index is 603. The highest BCUT2D eigenvalue weighted by Gasteiger charge is 2.04. The van der Waals surface area contributed by atoms with Gasteiger partial charge in [0.2, 0.25) is 0 Å². The molecule has 2 aromatic carbocycles. The first-order chi connectivity index (χ1) is 9.22. The van der Waals surface area contributed by atoms with Crippen LogP contribution in [0.5, 0.6) is 5.75 Å². The van der Waals surface area contributed by atoms with Gasteiger partial charge in [0.25, 0.3) is 0 Å². The molecule has 2 rings (SSSR count). The van der Waals surface area contributed by atoms with E-state index in [-0.39, 0.29) is 12.4 Å². The van der Waals surface area contributed by atoms with Crippen LogP contribution in [0, 0.1) is 17.1 Å². The standard InChI is InChI=1S/C15H13FN2O/c1-18-13-3-5-14(6-4-13)19-10-12-8-11(9-17)2-7-15(12)16/h2-8,18H,10H2,1H3. The van der Waals surface area contributed by atoms with Crippen LogP contribution in [0.3, 0.4) is 0 Å². The molecule has 0 saturated heterocycles. The summed E-state index contributed by atoms with van der Waals surface area (Å²) in [4.78, 5) is 0. The summed E-state index contributed by atoms with van der Waals surface area (Å²) in [7, 11) is 1.83. The number of halogens is 1. The summed E-state index contributed by atoms with van der Waals surface area (Å²) >= 11 is 0. The third-order valence-electron chi connectivity index (χ3n) is 2.71. The number of nitrogens with one attached hydrogen (secondary N) is 1. The fourth-order valence-corrected chi connectivity index (χ4v) is 1.63. The molecule has 96 valence electrons. The molecule has 0 amide bonds. The number of anilines is 1. The van der Waals surface area contributed by atoms with Gasteiger partial charge < -0.3 is 10.1 Å². The SMILES string of the molecule is CNc1ccc(OCc2cc(C#N)ccc2F)cc1. The van der Waals surface area contributed by atoms with Crippen molar-refractivity contribution >= 4 is 5.69 Å². The lowest BCUT2D eigenvalue weighted by Crippen LogP contribution is -1.99. The summed E-state index contributed by atoms with van der Waals surface area (Å²) in [5.74, 6) is 0.284. The molecule has 0 bridgehead atoms. The first-order valence-corrected chi connectivity index (χ1v) is 5.82. The molecular weight excluding hydrogens is 243 g/mol. The van der Waals surface area contributed by atoms with E-state index in [0.29, 0.717) is 16.9 Å². The van der Waals surface area contributed by atoms with E-state index in [1.165, 1.54) is 18.2 Å². The molecule has 0 aromatic heterocycles. The molecule has 0 spiro atoms. The Morgan fingerprint density at radius 1 is 1.21 bits per heavy atom. The van der Waals surface area contributed by atoms with Gasteiger partial charge in [0.1, 0.15) is 18.2 Å². The number of hydrogen-bond donors (Lipinski definition) is 1. The predicted octanol–water partition coefficient (Wildman–Crippen LogP) is 3.32. The number of nitrogens with zero attached hydrogens (tertiary/aromatic N) is 1. The third kappa shape index (κ3) is 3.23. The van der Waals surface area contributed by atoms with Crippen molar-refractivity contribution in [1.29, 1.82) is 5.26 Å². The van der Waals surface area contributed by atoms with Crippen LogP contribution in [0.15, 0.2) is 42.5 Å². The predicted molar refractivity (Wildman–Crippen MR) is 71.4 cm³/mol. The highest BCUT2D eigenvalue weighted by molar-refractivity contribution is 5.45. The summed E-state index contributed by atoms with van der Waals surface area (Å²) in [5.41, 5.74) is 1.77. The first-order valence-electron chi connectivity index (χ1n) is 5.82. The summed E-state index contributed by atoms with van der Waals surface area (Å²) in [5, 5.41) is 11.8. The third-order valence-corrected chi connectivity index (χ3v) is 2.71. The molecule has 1 N–H and O–H groups in total. The lowest BCUT2D eigenvalue weighted by Gasteiger charge is -2.08. The van der Waals surface area contributed by atoms with E-state index in [1.807, 2.05) is 25.2 Å². The normalized spacial score (nSPS) is 9.74. The largest absolute Gasteiger partial charge is 0.489 e. The minimum atomic E-state index is -0.370. The zero-order valence-corrected chi connectivity index (χ0v) is 10.5. The summed E-state index contributed by atoms with van der Waals surface area (Å²) in [6.45, 7) is 0.0975. The average molecular weight is 256 g/mol. The van der Waals surface area contributed by atoms with Crippen LogP contribution in [0.4, 0.5) is 10.1 Å². The second-order valence-electron chi connectivity index (χ2n) is 3.98. The maximum absolute atomic E-state index is 13.5. The van der Waals surface area contributed by atoms with Crippen molar-refractivity contribution in [2.24, 2.45) is 0 Å². The lowest BCUT2D eigenvalue weighted by molar-refractivity contribution is 0.300.